The van der Waals surface area contributed by atoms with Gasteiger partial charge in [0.25, 0.3) is 0 Å². The number of carboxylic acids is 1. The molecule has 2 rings (SSSR count). The number of ether oxygens (including phenoxy) is 1. The van der Waals surface area contributed by atoms with Gasteiger partial charge >= 0.3 is 5.97 Å². The van der Waals surface area contributed by atoms with Gasteiger partial charge in [-0.3, -0.25) is 4.79 Å². The molecule has 7 heteroatoms. The van der Waals surface area contributed by atoms with E-state index in [1.165, 1.54) is 23.9 Å². The number of methoxy groups -OCH3 is 1. The number of aromatic carboxylic acids is 1. The number of hydrogen-bond acceptors (Lipinski definition) is 4. The van der Waals surface area contributed by atoms with Gasteiger partial charge in [0, 0.05) is 19.3 Å². The number of aromatic hydroxyl groups is 1. The molecule has 19 heavy (non-hydrogen) atoms. The fourth-order valence-electron chi connectivity index (χ4n) is 1.86. The smallest absolute Gasteiger partial charge is 0.341 e. The molecule has 0 fully saturated rings. The van der Waals surface area contributed by atoms with Crippen LogP contribution in [0.3, 0.4) is 0 Å². The second kappa shape index (κ2) is 4.47. The lowest BCUT2D eigenvalue weighted by molar-refractivity contribution is 0.0695. The Labute approximate surface area is 112 Å². The van der Waals surface area contributed by atoms with Crippen LogP contribution in [0.15, 0.2) is 17.1 Å². The molecule has 0 saturated heterocycles. The molecule has 2 N–H and O–H groups in total. The van der Waals surface area contributed by atoms with Crippen LogP contribution in [0.2, 0.25) is 5.02 Å². The zero-order valence-corrected chi connectivity index (χ0v) is 10.9. The summed E-state index contributed by atoms with van der Waals surface area (Å²) in [6.45, 7) is 0. The maximum absolute atomic E-state index is 12.1. The van der Waals surface area contributed by atoms with Gasteiger partial charge in [0.15, 0.2) is 11.5 Å². The van der Waals surface area contributed by atoms with Crippen LogP contribution >= 0.6 is 11.6 Å². The minimum absolute atomic E-state index is 0.0534. The number of phenols is 1. The van der Waals surface area contributed by atoms with Gasteiger partial charge in [0.2, 0.25) is 5.43 Å². The summed E-state index contributed by atoms with van der Waals surface area (Å²) in [6, 6.07) is 1.42. The van der Waals surface area contributed by atoms with E-state index >= 15 is 0 Å². The van der Waals surface area contributed by atoms with Crippen LogP contribution in [0.25, 0.3) is 10.9 Å². The van der Waals surface area contributed by atoms with Crippen LogP contribution in [0, 0.1) is 0 Å². The van der Waals surface area contributed by atoms with Crippen molar-refractivity contribution in [3.63, 3.8) is 0 Å². The molecule has 1 aromatic carbocycles. The molecule has 0 spiro atoms. The highest BCUT2D eigenvalue weighted by Crippen LogP contribution is 2.38. The highest BCUT2D eigenvalue weighted by molar-refractivity contribution is 6.37. The molecule has 2 aromatic rings. The molecule has 0 unspecified atom stereocenters. The molecule has 1 heterocycles. The Balaban J connectivity index is 3.05. The molecular formula is C12H10ClNO5. The highest BCUT2D eigenvalue weighted by Gasteiger charge is 2.20. The summed E-state index contributed by atoms with van der Waals surface area (Å²) in [5.41, 5.74) is -0.792. The minimum Gasteiger partial charge on any atom is -0.503 e. The van der Waals surface area contributed by atoms with Crippen molar-refractivity contribution >= 4 is 28.5 Å². The van der Waals surface area contributed by atoms with Crippen molar-refractivity contribution in [1.29, 1.82) is 0 Å². The summed E-state index contributed by atoms with van der Waals surface area (Å²) in [7, 11) is 2.92. The molecule has 1 aromatic heterocycles. The van der Waals surface area contributed by atoms with Crippen molar-refractivity contribution in [3.05, 3.63) is 33.1 Å². The van der Waals surface area contributed by atoms with Gasteiger partial charge in [-0.2, -0.15) is 0 Å². The maximum atomic E-state index is 12.1. The molecule has 0 aliphatic rings. The lowest BCUT2D eigenvalue weighted by Gasteiger charge is -2.12. The fourth-order valence-corrected chi connectivity index (χ4v) is 2.14. The Morgan fingerprint density at radius 2 is 2.11 bits per heavy atom. The van der Waals surface area contributed by atoms with Crippen LogP contribution in [0.5, 0.6) is 11.5 Å². The van der Waals surface area contributed by atoms with Crippen molar-refractivity contribution in [2.75, 3.05) is 7.11 Å². The standard InChI is InChI=1S/C12H10ClNO5/c1-14-4-5(12(17)18)10(15)8-6(14)3-7(19-2)11(16)9(8)13/h3-4,16H,1-2H3,(H,17,18). The van der Waals surface area contributed by atoms with Crippen LogP contribution in [-0.2, 0) is 7.05 Å². The van der Waals surface area contributed by atoms with Gasteiger partial charge in [0.1, 0.15) is 5.56 Å². The molecule has 0 saturated carbocycles. The Morgan fingerprint density at radius 1 is 1.47 bits per heavy atom. The molecule has 0 atom stereocenters. The number of halogens is 1. The first-order valence-corrected chi connectivity index (χ1v) is 5.58. The van der Waals surface area contributed by atoms with E-state index in [9.17, 15) is 14.7 Å². The van der Waals surface area contributed by atoms with Crippen molar-refractivity contribution in [2.24, 2.45) is 7.05 Å². The van der Waals surface area contributed by atoms with Gasteiger partial charge in [-0.05, 0) is 0 Å². The van der Waals surface area contributed by atoms with Gasteiger partial charge in [0.05, 0.1) is 23.0 Å². The molecule has 0 bridgehead atoms. The second-order valence-electron chi connectivity index (χ2n) is 3.92. The molecule has 100 valence electrons. The monoisotopic (exact) mass is 283 g/mol. The molecule has 0 amide bonds. The van der Waals surface area contributed by atoms with Crippen molar-refractivity contribution in [1.82, 2.24) is 4.57 Å². The van der Waals surface area contributed by atoms with Gasteiger partial charge in [-0.1, -0.05) is 11.6 Å². The van der Waals surface area contributed by atoms with E-state index in [4.69, 9.17) is 21.4 Å². The van der Waals surface area contributed by atoms with Crippen molar-refractivity contribution < 1.29 is 19.7 Å². The number of fused-ring (bicyclic) bond motifs is 1. The first-order chi connectivity index (χ1) is 8.88. The van der Waals surface area contributed by atoms with E-state index in [0.29, 0.717) is 5.52 Å². The third-order valence-electron chi connectivity index (χ3n) is 2.81. The number of nitrogens with zero attached hydrogens (tertiary/aromatic N) is 1. The van der Waals surface area contributed by atoms with Crippen molar-refractivity contribution in [3.8, 4) is 11.5 Å². The Hall–Kier alpha value is -2.21. The fraction of sp³-hybridized carbons (Fsp3) is 0.167. The largest absolute Gasteiger partial charge is 0.503 e. The van der Waals surface area contributed by atoms with Crippen LogP contribution in [-0.4, -0.2) is 27.9 Å². The first kappa shape index (κ1) is 13.2. The maximum Gasteiger partial charge on any atom is 0.341 e. The van der Waals surface area contributed by atoms with E-state index in [0.717, 1.165) is 0 Å². The van der Waals surface area contributed by atoms with E-state index in [-0.39, 0.29) is 16.2 Å². The number of aromatic nitrogens is 1. The third kappa shape index (κ3) is 1.90. The number of carboxylic acid groups (broad SMARTS) is 1. The average Bonchev–Trinajstić information content (AvgIpc) is 2.36. The van der Waals surface area contributed by atoms with Gasteiger partial charge < -0.3 is 19.5 Å². The highest BCUT2D eigenvalue weighted by atomic mass is 35.5. The summed E-state index contributed by atoms with van der Waals surface area (Å²) < 4.78 is 6.38. The minimum atomic E-state index is -1.35. The number of benzene rings is 1. The second-order valence-corrected chi connectivity index (χ2v) is 4.30. The number of carbonyl (C=O) groups is 1. The van der Waals surface area contributed by atoms with E-state index in [1.54, 1.807) is 7.05 Å². The number of phenolic OH excluding ortho intramolecular Hbond substituents is 1. The average molecular weight is 284 g/mol. The Bertz CT molecular complexity index is 750. The summed E-state index contributed by atoms with van der Waals surface area (Å²) >= 11 is 5.93. The van der Waals surface area contributed by atoms with Crippen molar-refractivity contribution in [2.45, 2.75) is 0 Å². The zero-order valence-electron chi connectivity index (χ0n) is 10.1. The number of rotatable bonds is 2. The third-order valence-corrected chi connectivity index (χ3v) is 3.18. The van der Waals surface area contributed by atoms with E-state index in [2.05, 4.69) is 0 Å². The molecule has 6 nitrogen and oxygen atoms in total. The number of pyridine rings is 1. The lowest BCUT2D eigenvalue weighted by atomic mass is 10.1. The summed E-state index contributed by atoms with van der Waals surface area (Å²) in [6.07, 6.45) is 1.19. The van der Waals surface area contributed by atoms with Gasteiger partial charge in [-0.25, -0.2) is 4.79 Å². The quantitative estimate of drug-likeness (QED) is 0.874. The SMILES string of the molecule is COc1cc2c(c(Cl)c1O)c(=O)c(C(=O)O)cn2C. The predicted octanol–water partition coefficient (Wildman–Crippen LogP) is 1.60. The molecule has 0 radical (unpaired) electrons. The van der Waals surface area contributed by atoms with Crippen LogP contribution in [0.1, 0.15) is 10.4 Å². The van der Waals surface area contributed by atoms with Crippen LogP contribution in [0.4, 0.5) is 0 Å². The number of aryl methyl sites for hydroxylation is 1. The zero-order chi connectivity index (χ0) is 14.3. The number of hydrogen-bond donors (Lipinski definition) is 2. The van der Waals surface area contributed by atoms with Gasteiger partial charge in [-0.15, -0.1) is 0 Å². The summed E-state index contributed by atoms with van der Waals surface area (Å²) in [5, 5.41) is 18.5. The normalized spacial score (nSPS) is 10.7. The summed E-state index contributed by atoms with van der Waals surface area (Å²) in [4.78, 5) is 23.1. The van der Waals surface area contributed by atoms with E-state index < -0.39 is 22.7 Å². The summed E-state index contributed by atoms with van der Waals surface area (Å²) in [5.74, 6) is -1.64. The topological polar surface area (TPSA) is 88.8 Å². The predicted molar refractivity (Wildman–Crippen MR) is 69.4 cm³/mol. The first-order valence-electron chi connectivity index (χ1n) is 5.20. The van der Waals surface area contributed by atoms with Crippen LogP contribution < -0.4 is 10.2 Å². The molecular weight excluding hydrogens is 274 g/mol. The Morgan fingerprint density at radius 3 is 2.63 bits per heavy atom. The lowest BCUT2D eigenvalue weighted by Crippen LogP contribution is -2.18. The van der Waals surface area contributed by atoms with E-state index in [1.807, 2.05) is 0 Å². The molecule has 0 aliphatic heterocycles. The Kier molecular flexibility index (Phi) is 3.11. The molecule has 0 aliphatic carbocycles.